The van der Waals surface area contributed by atoms with E-state index in [0.717, 1.165) is 18.7 Å². The first-order valence-corrected chi connectivity index (χ1v) is 4.86. The molecule has 0 spiro atoms. The fraction of sp³-hybridized carbons (Fsp3) is 0.400. The van der Waals surface area contributed by atoms with Crippen molar-refractivity contribution in [3.63, 3.8) is 0 Å². The van der Waals surface area contributed by atoms with Crippen LogP contribution in [0.3, 0.4) is 0 Å². The molecule has 0 saturated heterocycles. The van der Waals surface area contributed by atoms with Crippen LogP contribution in [0, 0.1) is 0 Å². The van der Waals surface area contributed by atoms with E-state index < -0.39 is 0 Å². The molecule has 0 radical (unpaired) electrons. The molecule has 2 aromatic rings. The van der Waals surface area contributed by atoms with E-state index >= 15 is 0 Å². The van der Waals surface area contributed by atoms with Crippen LogP contribution in [-0.4, -0.2) is 28.3 Å². The first kappa shape index (κ1) is 9.92. The fourth-order valence-electron chi connectivity index (χ4n) is 1.45. The number of aromatic nitrogens is 3. The van der Waals surface area contributed by atoms with E-state index in [1.807, 2.05) is 0 Å². The fourth-order valence-corrected chi connectivity index (χ4v) is 1.45. The summed E-state index contributed by atoms with van der Waals surface area (Å²) in [4.78, 5) is 15.4. The van der Waals surface area contributed by atoms with E-state index in [4.69, 9.17) is 4.74 Å². The molecule has 0 amide bonds. The van der Waals surface area contributed by atoms with Crippen LogP contribution >= 0.6 is 0 Å². The number of methoxy groups -OCH3 is 1. The van der Waals surface area contributed by atoms with E-state index in [1.165, 1.54) is 12.1 Å². The average Bonchev–Trinajstić information content (AvgIpc) is 2.60. The SMILES string of the molecule is COCCCc1nc2cc(=O)ccn2[nH]1. The second-order valence-corrected chi connectivity index (χ2v) is 3.36. The number of nitrogens with zero attached hydrogens (tertiary/aromatic N) is 2. The number of H-pyrrole nitrogens is 1. The number of ether oxygens (including phenoxy) is 1. The Morgan fingerprint density at radius 1 is 1.60 bits per heavy atom. The molecule has 5 heteroatoms. The Morgan fingerprint density at radius 3 is 3.27 bits per heavy atom. The van der Waals surface area contributed by atoms with Gasteiger partial charge in [0.2, 0.25) is 0 Å². The molecule has 0 saturated carbocycles. The van der Waals surface area contributed by atoms with Crippen molar-refractivity contribution < 1.29 is 4.74 Å². The van der Waals surface area contributed by atoms with Gasteiger partial charge in [-0.25, -0.2) is 9.50 Å². The highest BCUT2D eigenvalue weighted by atomic mass is 16.5. The summed E-state index contributed by atoms with van der Waals surface area (Å²) in [5.74, 6) is 0.873. The number of rotatable bonds is 4. The van der Waals surface area contributed by atoms with Gasteiger partial charge in [-0.3, -0.25) is 9.89 Å². The van der Waals surface area contributed by atoms with E-state index in [0.29, 0.717) is 12.3 Å². The minimum Gasteiger partial charge on any atom is -0.385 e. The lowest BCUT2D eigenvalue weighted by Crippen LogP contribution is -1.98. The summed E-state index contributed by atoms with van der Waals surface area (Å²) in [6.07, 6.45) is 3.43. The molecular formula is C10H13N3O2. The molecular weight excluding hydrogens is 194 g/mol. The molecule has 0 bridgehead atoms. The van der Waals surface area contributed by atoms with Gasteiger partial charge in [-0.1, -0.05) is 0 Å². The largest absolute Gasteiger partial charge is 0.385 e. The number of pyridine rings is 1. The highest BCUT2D eigenvalue weighted by molar-refractivity contribution is 5.36. The minimum atomic E-state index is -0.0232. The third-order valence-electron chi connectivity index (χ3n) is 2.17. The van der Waals surface area contributed by atoms with Gasteiger partial charge in [0.1, 0.15) is 5.82 Å². The monoisotopic (exact) mass is 207 g/mol. The quantitative estimate of drug-likeness (QED) is 0.747. The molecule has 0 aliphatic rings. The van der Waals surface area contributed by atoms with Gasteiger partial charge < -0.3 is 4.74 Å². The van der Waals surface area contributed by atoms with Gasteiger partial charge >= 0.3 is 0 Å². The zero-order valence-electron chi connectivity index (χ0n) is 8.56. The molecule has 0 aliphatic heterocycles. The molecule has 2 rings (SSSR count). The molecule has 0 atom stereocenters. The lowest BCUT2D eigenvalue weighted by atomic mass is 10.3. The Labute approximate surface area is 86.7 Å². The van der Waals surface area contributed by atoms with Crippen LogP contribution in [0.5, 0.6) is 0 Å². The summed E-state index contributed by atoms with van der Waals surface area (Å²) in [6.45, 7) is 0.717. The van der Waals surface area contributed by atoms with Crippen molar-refractivity contribution in [2.75, 3.05) is 13.7 Å². The van der Waals surface area contributed by atoms with Crippen LogP contribution in [0.1, 0.15) is 12.2 Å². The van der Waals surface area contributed by atoms with Crippen molar-refractivity contribution in [2.45, 2.75) is 12.8 Å². The molecule has 0 aliphatic carbocycles. The van der Waals surface area contributed by atoms with E-state index in [2.05, 4.69) is 10.1 Å². The van der Waals surface area contributed by atoms with Crippen molar-refractivity contribution in [1.82, 2.24) is 14.6 Å². The highest BCUT2D eigenvalue weighted by Gasteiger charge is 2.01. The Hall–Kier alpha value is -1.62. The van der Waals surface area contributed by atoms with Gasteiger partial charge in [-0.05, 0) is 6.42 Å². The third kappa shape index (κ3) is 2.24. The zero-order valence-corrected chi connectivity index (χ0v) is 8.56. The molecule has 0 fully saturated rings. The summed E-state index contributed by atoms with van der Waals surface area (Å²) in [5, 5.41) is 3.09. The smallest absolute Gasteiger partial charge is 0.183 e. The molecule has 2 heterocycles. The van der Waals surface area contributed by atoms with Gasteiger partial charge in [-0.15, -0.1) is 0 Å². The van der Waals surface area contributed by atoms with Gasteiger partial charge in [0, 0.05) is 38.5 Å². The second-order valence-electron chi connectivity index (χ2n) is 3.36. The number of nitrogens with one attached hydrogen (secondary N) is 1. The van der Waals surface area contributed by atoms with Crippen LogP contribution < -0.4 is 5.43 Å². The Bertz CT molecular complexity index is 501. The van der Waals surface area contributed by atoms with Crippen LogP contribution in [0.4, 0.5) is 0 Å². The van der Waals surface area contributed by atoms with Gasteiger partial charge in [0.05, 0.1) is 0 Å². The molecule has 1 N–H and O–H groups in total. The summed E-state index contributed by atoms with van der Waals surface area (Å²) in [7, 11) is 1.68. The predicted molar refractivity (Wildman–Crippen MR) is 56.0 cm³/mol. The Morgan fingerprint density at radius 2 is 2.47 bits per heavy atom. The summed E-state index contributed by atoms with van der Waals surface area (Å²) >= 11 is 0. The predicted octanol–water partition coefficient (Wildman–Crippen LogP) is 0.602. The van der Waals surface area contributed by atoms with E-state index in [-0.39, 0.29) is 5.43 Å². The maximum atomic E-state index is 11.1. The number of hydrogen-bond donors (Lipinski definition) is 1. The van der Waals surface area contributed by atoms with Crippen LogP contribution in [-0.2, 0) is 11.2 Å². The van der Waals surface area contributed by atoms with Crippen molar-refractivity contribution in [2.24, 2.45) is 0 Å². The number of aromatic amines is 1. The second kappa shape index (κ2) is 4.27. The zero-order chi connectivity index (χ0) is 10.7. The summed E-state index contributed by atoms with van der Waals surface area (Å²) < 4.78 is 6.70. The van der Waals surface area contributed by atoms with Crippen molar-refractivity contribution in [3.8, 4) is 0 Å². The van der Waals surface area contributed by atoms with Crippen molar-refractivity contribution in [1.29, 1.82) is 0 Å². The molecule has 15 heavy (non-hydrogen) atoms. The van der Waals surface area contributed by atoms with Crippen LogP contribution in [0.15, 0.2) is 23.1 Å². The van der Waals surface area contributed by atoms with Crippen molar-refractivity contribution in [3.05, 3.63) is 34.4 Å². The molecule has 0 aromatic carbocycles. The van der Waals surface area contributed by atoms with Gasteiger partial charge in [0.15, 0.2) is 11.1 Å². The maximum Gasteiger partial charge on any atom is 0.183 e. The Balaban J connectivity index is 2.19. The standard InChI is InChI=1S/C10H13N3O2/c1-15-6-2-3-9-11-10-7-8(14)4-5-13(10)12-9/h4-5,7H,2-3,6H2,1H3,(H,11,12). The lowest BCUT2D eigenvalue weighted by molar-refractivity contribution is 0.194. The van der Waals surface area contributed by atoms with Crippen LogP contribution in [0.2, 0.25) is 0 Å². The summed E-state index contributed by atoms with van der Waals surface area (Å²) in [6, 6.07) is 3.01. The van der Waals surface area contributed by atoms with Gasteiger partial charge in [0.25, 0.3) is 0 Å². The van der Waals surface area contributed by atoms with Crippen LogP contribution in [0.25, 0.3) is 5.65 Å². The molecule has 5 nitrogen and oxygen atoms in total. The number of aryl methyl sites for hydroxylation is 1. The van der Waals surface area contributed by atoms with E-state index in [1.54, 1.807) is 17.8 Å². The molecule has 0 unspecified atom stereocenters. The Kier molecular flexibility index (Phi) is 2.82. The third-order valence-corrected chi connectivity index (χ3v) is 2.17. The topological polar surface area (TPSA) is 59.4 Å². The number of fused-ring (bicyclic) bond motifs is 1. The highest BCUT2D eigenvalue weighted by Crippen LogP contribution is 2.00. The molecule has 80 valence electrons. The van der Waals surface area contributed by atoms with Gasteiger partial charge in [-0.2, -0.15) is 0 Å². The maximum absolute atomic E-state index is 11.1. The first-order chi connectivity index (χ1) is 7.29. The summed E-state index contributed by atoms with van der Waals surface area (Å²) in [5.41, 5.74) is 0.639. The van der Waals surface area contributed by atoms with Crippen molar-refractivity contribution >= 4 is 5.65 Å². The minimum absolute atomic E-state index is 0.0232. The molecule has 2 aromatic heterocycles. The average molecular weight is 207 g/mol. The first-order valence-electron chi connectivity index (χ1n) is 4.86. The van der Waals surface area contributed by atoms with E-state index in [9.17, 15) is 4.79 Å². The lowest BCUT2D eigenvalue weighted by Gasteiger charge is -1.94. The number of hydrogen-bond acceptors (Lipinski definition) is 3. The normalized spacial score (nSPS) is 11.0.